The van der Waals surface area contributed by atoms with Crippen molar-refractivity contribution in [2.24, 2.45) is 5.41 Å². The number of carbonyl (C=O) groups excluding carboxylic acids is 2. The van der Waals surface area contributed by atoms with E-state index in [1.807, 2.05) is 62.4 Å². The number of hydrogen-bond donors (Lipinski definition) is 2. The van der Waals surface area contributed by atoms with Crippen LogP contribution in [0, 0.1) is 19.3 Å². The minimum absolute atomic E-state index is 0.226. The van der Waals surface area contributed by atoms with Gasteiger partial charge in [0.25, 0.3) is 0 Å². The molecule has 0 bridgehead atoms. The third-order valence-corrected chi connectivity index (χ3v) is 4.32. The fourth-order valence-corrected chi connectivity index (χ4v) is 2.52. The molecule has 2 amide bonds. The molecule has 118 valence electrons. The Bertz CT molecular complexity index is 746. The quantitative estimate of drug-likeness (QED) is 0.847. The van der Waals surface area contributed by atoms with Crippen LogP contribution in [0.15, 0.2) is 48.5 Å². The van der Waals surface area contributed by atoms with Gasteiger partial charge in [0, 0.05) is 11.4 Å². The fraction of sp³-hybridized carbons (Fsp3) is 0.263. The van der Waals surface area contributed by atoms with Crippen molar-refractivity contribution in [1.29, 1.82) is 0 Å². The van der Waals surface area contributed by atoms with E-state index in [-0.39, 0.29) is 11.8 Å². The van der Waals surface area contributed by atoms with Gasteiger partial charge < -0.3 is 10.6 Å². The summed E-state index contributed by atoms with van der Waals surface area (Å²) in [5.41, 5.74) is 2.65. The largest absolute Gasteiger partial charge is 0.325 e. The van der Waals surface area contributed by atoms with Crippen molar-refractivity contribution in [3.8, 4) is 0 Å². The molecule has 1 saturated carbocycles. The Kier molecular flexibility index (Phi) is 3.90. The van der Waals surface area contributed by atoms with Crippen LogP contribution in [0.5, 0.6) is 0 Å². The van der Waals surface area contributed by atoms with Crippen LogP contribution in [0.2, 0.25) is 0 Å². The van der Waals surface area contributed by atoms with E-state index < -0.39 is 5.41 Å². The van der Waals surface area contributed by atoms with E-state index in [1.165, 1.54) is 0 Å². The second-order valence-corrected chi connectivity index (χ2v) is 6.17. The lowest BCUT2D eigenvalue weighted by Gasteiger charge is -2.16. The van der Waals surface area contributed by atoms with Gasteiger partial charge >= 0.3 is 0 Å². The summed E-state index contributed by atoms with van der Waals surface area (Å²) in [5.74, 6) is -0.455. The number of nitrogens with one attached hydrogen (secondary N) is 2. The molecule has 0 radical (unpaired) electrons. The first-order chi connectivity index (χ1) is 11.0. The van der Waals surface area contributed by atoms with Crippen LogP contribution in [0.25, 0.3) is 0 Å². The second-order valence-electron chi connectivity index (χ2n) is 6.17. The smallest absolute Gasteiger partial charge is 0.240 e. The Balaban J connectivity index is 1.71. The van der Waals surface area contributed by atoms with Gasteiger partial charge in [-0.2, -0.15) is 0 Å². The fourth-order valence-electron chi connectivity index (χ4n) is 2.52. The summed E-state index contributed by atoms with van der Waals surface area (Å²) in [6.07, 6.45) is 1.17. The van der Waals surface area contributed by atoms with E-state index in [2.05, 4.69) is 10.6 Å². The lowest BCUT2D eigenvalue weighted by molar-refractivity contribution is -0.131. The zero-order chi connectivity index (χ0) is 16.4. The molecule has 4 heteroatoms. The number of anilines is 2. The molecule has 3 rings (SSSR count). The average Bonchev–Trinajstić information content (AvgIpc) is 3.34. The van der Waals surface area contributed by atoms with Crippen LogP contribution in [-0.2, 0) is 9.59 Å². The van der Waals surface area contributed by atoms with Crippen molar-refractivity contribution in [2.75, 3.05) is 10.6 Å². The maximum absolute atomic E-state index is 12.6. The molecule has 4 nitrogen and oxygen atoms in total. The molecule has 1 fully saturated rings. The summed E-state index contributed by atoms with van der Waals surface area (Å²) in [4.78, 5) is 25.1. The summed E-state index contributed by atoms with van der Waals surface area (Å²) in [6.45, 7) is 3.92. The molecular weight excluding hydrogens is 288 g/mol. The standard InChI is InChI=1S/C19H20N2O2/c1-13-7-9-15(10-8-13)20-17(22)19(11-12-19)18(23)21-16-6-4-3-5-14(16)2/h3-10H,11-12H2,1-2H3,(H,20,22)(H,21,23). The molecule has 0 heterocycles. The Morgan fingerprint density at radius 2 is 1.48 bits per heavy atom. The zero-order valence-electron chi connectivity index (χ0n) is 13.3. The number of amides is 2. The molecular formula is C19H20N2O2. The van der Waals surface area contributed by atoms with E-state index in [4.69, 9.17) is 0 Å². The minimum atomic E-state index is -0.937. The van der Waals surface area contributed by atoms with Crippen molar-refractivity contribution in [1.82, 2.24) is 0 Å². The van der Waals surface area contributed by atoms with Gasteiger partial charge in [-0.05, 0) is 50.5 Å². The number of rotatable bonds is 4. The highest BCUT2D eigenvalue weighted by Crippen LogP contribution is 2.47. The molecule has 0 aromatic heterocycles. The third kappa shape index (κ3) is 3.11. The SMILES string of the molecule is Cc1ccc(NC(=O)C2(C(=O)Nc3ccccc3C)CC2)cc1. The molecule has 0 atom stereocenters. The predicted octanol–water partition coefficient (Wildman–Crippen LogP) is 3.66. The van der Waals surface area contributed by atoms with E-state index in [0.29, 0.717) is 12.8 Å². The molecule has 0 saturated heterocycles. The third-order valence-electron chi connectivity index (χ3n) is 4.32. The Labute approximate surface area is 135 Å². The van der Waals surface area contributed by atoms with Gasteiger partial charge in [-0.25, -0.2) is 0 Å². The highest BCUT2D eigenvalue weighted by Gasteiger charge is 2.56. The highest BCUT2D eigenvalue weighted by molar-refractivity contribution is 6.17. The first-order valence-corrected chi connectivity index (χ1v) is 7.76. The predicted molar refractivity (Wildman–Crippen MR) is 91.3 cm³/mol. The van der Waals surface area contributed by atoms with Crippen LogP contribution in [-0.4, -0.2) is 11.8 Å². The molecule has 1 aliphatic rings. The van der Waals surface area contributed by atoms with Crippen LogP contribution in [0.4, 0.5) is 11.4 Å². The van der Waals surface area contributed by atoms with Gasteiger partial charge in [0.15, 0.2) is 0 Å². The molecule has 1 aliphatic carbocycles. The number of carbonyl (C=O) groups is 2. The van der Waals surface area contributed by atoms with Gasteiger partial charge in [-0.3, -0.25) is 9.59 Å². The van der Waals surface area contributed by atoms with Crippen LogP contribution in [0.1, 0.15) is 24.0 Å². The Morgan fingerprint density at radius 3 is 2.09 bits per heavy atom. The maximum Gasteiger partial charge on any atom is 0.240 e. The normalized spacial score (nSPS) is 14.9. The van der Waals surface area contributed by atoms with Crippen molar-refractivity contribution < 1.29 is 9.59 Å². The first kappa shape index (κ1) is 15.3. The summed E-state index contributed by atoms with van der Waals surface area (Å²) < 4.78 is 0. The number of aryl methyl sites for hydroxylation is 2. The van der Waals surface area contributed by atoms with Gasteiger partial charge in [0.1, 0.15) is 5.41 Å². The topological polar surface area (TPSA) is 58.2 Å². The summed E-state index contributed by atoms with van der Waals surface area (Å²) in [6, 6.07) is 15.1. The van der Waals surface area contributed by atoms with Crippen molar-refractivity contribution in [3.05, 3.63) is 59.7 Å². The number of hydrogen-bond acceptors (Lipinski definition) is 2. The van der Waals surface area contributed by atoms with Crippen LogP contribution < -0.4 is 10.6 Å². The van der Waals surface area contributed by atoms with Crippen molar-refractivity contribution in [2.45, 2.75) is 26.7 Å². The van der Waals surface area contributed by atoms with E-state index in [9.17, 15) is 9.59 Å². The van der Waals surface area contributed by atoms with Crippen molar-refractivity contribution >= 4 is 23.2 Å². The Hall–Kier alpha value is -2.62. The lowest BCUT2D eigenvalue weighted by Crippen LogP contribution is -2.35. The molecule has 0 aliphatic heterocycles. The molecule has 0 unspecified atom stereocenters. The average molecular weight is 308 g/mol. The molecule has 2 aromatic carbocycles. The van der Waals surface area contributed by atoms with Gasteiger partial charge in [0.2, 0.25) is 11.8 Å². The zero-order valence-corrected chi connectivity index (χ0v) is 13.3. The van der Waals surface area contributed by atoms with Gasteiger partial charge in [0.05, 0.1) is 0 Å². The van der Waals surface area contributed by atoms with Gasteiger partial charge in [-0.15, -0.1) is 0 Å². The highest BCUT2D eigenvalue weighted by atomic mass is 16.2. The van der Waals surface area contributed by atoms with E-state index in [1.54, 1.807) is 0 Å². The minimum Gasteiger partial charge on any atom is -0.325 e. The molecule has 0 spiro atoms. The Morgan fingerprint density at radius 1 is 0.870 bits per heavy atom. The maximum atomic E-state index is 12.6. The van der Waals surface area contributed by atoms with Crippen LogP contribution >= 0.6 is 0 Å². The number of para-hydroxylation sites is 1. The molecule has 23 heavy (non-hydrogen) atoms. The van der Waals surface area contributed by atoms with Gasteiger partial charge in [-0.1, -0.05) is 35.9 Å². The number of benzene rings is 2. The summed E-state index contributed by atoms with van der Waals surface area (Å²) >= 11 is 0. The van der Waals surface area contributed by atoms with Crippen molar-refractivity contribution in [3.63, 3.8) is 0 Å². The van der Waals surface area contributed by atoms with Crippen LogP contribution in [0.3, 0.4) is 0 Å². The summed E-state index contributed by atoms with van der Waals surface area (Å²) in [5, 5.41) is 5.74. The van der Waals surface area contributed by atoms with E-state index in [0.717, 1.165) is 22.5 Å². The summed E-state index contributed by atoms with van der Waals surface area (Å²) in [7, 11) is 0. The lowest BCUT2D eigenvalue weighted by atomic mass is 10.0. The molecule has 2 aromatic rings. The van der Waals surface area contributed by atoms with E-state index >= 15 is 0 Å². The molecule has 2 N–H and O–H groups in total. The first-order valence-electron chi connectivity index (χ1n) is 7.76. The monoisotopic (exact) mass is 308 g/mol. The second kappa shape index (κ2) is 5.88.